The highest BCUT2D eigenvalue weighted by Crippen LogP contribution is 2.27. The average Bonchev–Trinajstić information content (AvgIpc) is 3.01. The molecule has 2 amide bonds. The Labute approximate surface area is 172 Å². The number of carbonyl (C=O) groups is 1. The molecule has 148 valence electrons. The van der Waals surface area contributed by atoms with Crippen molar-refractivity contribution in [2.45, 2.75) is 13.0 Å². The molecule has 5 heteroatoms. The summed E-state index contributed by atoms with van der Waals surface area (Å²) in [5, 5.41) is 3.13. The predicted octanol–water partition coefficient (Wildman–Crippen LogP) is 4.49. The van der Waals surface area contributed by atoms with Crippen LogP contribution in [0.2, 0.25) is 0 Å². The van der Waals surface area contributed by atoms with E-state index in [0.717, 1.165) is 55.1 Å². The molecule has 0 radical (unpaired) electrons. The van der Waals surface area contributed by atoms with Crippen LogP contribution in [0, 0.1) is 0 Å². The minimum Gasteiger partial charge on any atom is -0.323 e. The SMILES string of the molecule is O=C(Nc1ccccc1-c1ccccc1)N1CCCN(Cc2ccccn2)CC1. The fourth-order valence-electron chi connectivity index (χ4n) is 3.71. The Morgan fingerprint density at radius 1 is 0.862 bits per heavy atom. The Morgan fingerprint density at radius 2 is 1.66 bits per heavy atom. The maximum Gasteiger partial charge on any atom is 0.321 e. The lowest BCUT2D eigenvalue weighted by Crippen LogP contribution is -2.38. The van der Waals surface area contributed by atoms with Gasteiger partial charge in [0.15, 0.2) is 0 Å². The Bertz CT molecular complexity index is 930. The molecule has 2 heterocycles. The highest BCUT2D eigenvalue weighted by Gasteiger charge is 2.20. The van der Waals surface area contributed by atoms with Gasteiger partial charge < -0.3 is 10.2 Å². The first kappa shape index (κ1) is 19.2. The molecule has 1 N–H and O–H groups in total. The van der Waals surface area contributed by atoms with Crippen LogP contribution in [0.3, 0.4) is 0 Å². The second kappa shape index (κ2) is 9.34. The lowest BCUT2D eigenvalue weighted by molar-refractivity contribution is 0.211. The number of benzene rings is 2. The van der Waals surface area contributed by atoms with Crippen LogP contribution in [0.4, 0.5) is 10.5 Å². The van der Waals surface area contributed by atoms with Crippen molar-refractivity contribution < 1.29 is 4.79 Å². The number of rotatable bonds is 4. The van der Waals surface area contributed by atoms with Crippen LogP contribution in [0.1, 0.15) is 12.1 Å². The van der Waals surface area contributed by atoms with Crippen LogP contribution < -0.4 is 5.32 Å². The molecule has 0 saturated carbocycles. The molecular weight excluding hydrogens is 360 g/mol. The molecule has 5 nitrogen and oxygen atoms in total. The largest absolute Gasteiger partial charge is 0.323 e. The molecule has 0 spiro atoms. The highest BCUT2D eigenvalue weighted by atomic mass is 16.2. The van der Waals surface area contributed by atoms with E-state index in [9.17, 15) is 4.79 Å². The van der Waals surface area contributed by atoms with Crippen molar-refractivity contribution in [1.82, 2.24) is 14.8 Å². The number of anilines is 1. The summed E-state index contributed by atoms with van der Waals surface area (Å²) in [4.78, 5) is 21.7. The topological polar surface area (TPSA) is 48.5 Å². The summed E-state index contributed by atoms with van der Waals surface area (Å²) in [7, 11) is 0. The van der Waals surface area contributed by atoms with Crippen LogP contribution in [-0.4, -0.2) is 47.0 Å². The van der Waals surface area contributed by atoms with Gasteiger partial charge in [0, 0.05) is 44.5 Å². The number of urea groups is 1. The Balaban J connectivity index is 1.40. The summed E-state index contributed by atoms with van der Waals surface area (Å²) in [6, 6.07) is 24.1. The van der Waals surface area contributed by atoms with Crippen molar-refractivity contribution in [3.05, 3.63) is 84.7 Å². The average molecular weight is 386 g/mol. The fourth-order valence-corrected chi connectivity index (χ4v) is 3.71. The monoisotopic (exact) mass is 386 g/mol. The Kier molecular flexibility index (Phi) is 6.17. The lowest BCUT2D eigenvalue weighted by atomic mass is 10.0. The quantitative estimate of drug-likeness (QED) is 0.719. The third kappa shape index (κ3) is 5.00. The number of nitrogens with one attached hydrogen (secondary N) is 1. The molecule has 0 unspecified atom stereocenters. The molecule has 0 atom stereocenters. The maximum atomic E-state index is 13.0. The first-order valence-electron chi connectivity index (χ1n) is 10.1. The number of nitrogens with zero attached hydrogens (tertiary/aromatic N) is 3. The van der Waals surface area contributed by atoms with E-state index in [4.69, 9.17) is 0 Å². The van der Waals surface area contributed by atoms with E-state index in [1.807, 2.05) is 65.7 Å². The summed E-state index contributed by atoms with van der Waals surface area (Å²) >= 11 is 0. The predicted molar refractivity (Wildman–Crippen MR) is 117 cm³/mol. The number of pyridine rings is 1. The number of para-hydroxylation sites is 1. The highest BCUT2D eigenvalue weighted by molar-refractivity contribution is 5.94. The summed E-state index contributed by atoms with van der Waals surface area (Å²) in [6.07, 6.45) is 2.79. The molecule has 1 aromatic heterocycles. The smallest absolute Gasteiger partial charge is 0.321 e. The zero-order valence-corrected chi connectivity index (χ0v) is 16.5. The van der Waals surface area contributed by atoms with Crippen LogP contribution in [0.15, 0.2) is 79.0 Å². The molecule has 29 heavy (non-hydrogen) atoms. The first-order valence-corrected chi connectivity index (χ1v) is 10.1. The molecule has 1 fully saturated rings. The molecule has 2 aromatic carbocycles. The van der Waals surface area contributed by atoms with E-state index in [0.29, 0.717) is 6.54 Å². The van der Waals surface area contributed by atoms with E-state index in [2.05, 4.69) is 33.4 Å². The fraction of sp³-hybridized carbons (Fsp3) is 0.250. The van der Waals surface area contributed by atoms with Crippen LogP contribution in [-0.2, 0) is 6.54 Å². The van der Waals surface area contributed by atoms with Crippen molar-refractivity contribution in [1.29, 1.82) is 0 Å². The van der Waals surface area contributed by atoms with Gasteiger partial charge in [-0.1, -0.05) is 54.6 Å². The van der Waals surface area contributed by atoms with E-state index < -0.39 is 0 Å². The van der Waals surface area contributed by atoms with Crippen LogP contribution in [0.25, 0.3) is 11.1 Å². The third-order valence-electron chi connectivity index (χ3n) is 5.24. The van der Waals surface area contributed by atoms with Crippen molar-refractivity contribution in [3.63, 3.8) is 0 Å². The standard InChI is InChI=1S/C24H26N4O/c29-24(26-23-13-5-4-12-22(23)20-9-2-1-3-10-20)28-16-8-15-27(17-18-28)19-21-11-6-7-14-25-21/h1-7,9-14H,8,15-19H2,(H,26,29). The number of hydrogen-bond donors (Lipinski definition) is 1. The summed E-state index contributed by atoms with van der Waals surface area (Å²) < 4.78 is 0. The first-order chi connectivity index (χ1) is 14.3. The summed E-state index contributed by atoms with van der Waals surface area (Å²) in [6.45, 7) is 4.13. The van der Waals surface area contributed by atoms with Gasteiger partial charge in [0.25, 0.3) is 0 Å². The molecule has 4 rings (SSSR count). The second-order valence-electron chi connectivity index (χ2n) is 7.28. The van der Waals surface area contributed by atoms with Crippen molar-refractivity contribution in [2.24, 2.45) is 0 Å². The van der Waals surface area contributed by atoms with Gasteiger partial charge in [0.05, 0.1) is 11.4 Å². The van der Waals surface area contributed by atoms with Gasteiger partial charge in [-0.25, -0.2) is 4.79 Å². The Morgan fingerprint density at radius 3 is 2.48 bits per heavy atom. The van der Waals surface area contributed by atoms with Crippen molar-refractivity contribution in [3.8, 4) is 11.1 Å². The van der Waals surface area contributed by atoms with E-state index in [1.165, 1.54) is 0 Å². The molecule has 0 aliphatic carbocycles. The minimum absolute atomic E-state index is 0.0342. The van der Waals surface area contributed by atoms with Crippen LogP contribution >= 0.6 is 0 Å². The molecular formula is C24H26N4O. The number of amides is 2. The van der Waals surface area contributed by atoms with E-state index in [1.54, 1.807) is 0 Å². The van der Waals surface area contributed by atoms with Crippen LogP contribution in [0.5, 0.6) is 0 Å². The molecule has 0 bridgehead atoms. The normalized spacial score (nSPS) is 15.0. The van der Waals surface area contributed by atoms with Gasteiger partial charge in [-0.05, 0) is 30.2 Å². The van der Waals surface area contributed by atoms with Gasteiger partial charge in [0.1, 0.15) is 0 Å². The number of hydrogen-bond acceptors (Lipinski definition) is 3. The third-order valence-corrected chi connectivity index (χ3v) is 5.24. The van der Waals surface area contributed by atoms with Gasteiger partial charge in [-0.15, -0.1) is 0 Å². The minimum atomic E-state index is -0.0342. The number of aromatic nitrogens is 1. The van der Waals surface area contributed by atoms with Gasteiger partial charge in [-0.2, -0.15) is 0 Å². The Hall–Kier alpha value is -3.18. The summed E-state index contributed by atoms with van der Waals surface area (Å²) in [5.74, 6) is 0. The molecule has 1 aliphatic heterocycles. The zero-order valence-electron chi connectivity index (χ0n) is 16.5. The van der Waals surface area contributed by atoms with Crippen molar-refractivity contribution >= 4 is 11.7 Å². The van der Waals surface area contributed by atoms with E-state index in [-0.39, 0.29) is 6.03 Å². The zero-order chi connectivity index (χ0) is 19.9. The van der Waals surface area contributed by atoms with Gasteiger partial charge in [0.2, 0.25) is 0 Å². The molecule has 1 aliphatic rings. The maximum absolute atomic E-state index is 13.0. The number of carbonyl (C=O) groups excluding carboxylic acids is 1. The van der Waals surface area contributed by atoms with E-state index >= 15 is 0 Å². The lowest BCUT2D eigenvalue weighted by Gasteiger charge is -2.23. The second-order valence-corrected chi connectivity index (χ2v) is 7.28. The molecule has 3 aromatic rings. The summed E-state index contributed by atoms with van der Waals surface area (Å²) in [5.41, 5.74) is 4.05. The van der Waals surface area contributed by atoms with Crippen molar-refractivity contribution in [2.75, 3.05) is 31.5 Å². The van der Waals surface area contributed by atoms with Gasteiger partial charge in [-0.3, -0.25) is 9.88 Å². The molecule has 1 saturated heterocycles. The van der Waals surface area contributed by atoms with Gasteiger partial charge >= 0.3 is 6.03 Å².